The first-order valence-corrected chi connectivity index (χ1v) is 8.43. The number of carbonyl (C=O) groups is 1. The maximum absolute atomic E-state index is 12.0. The van der Waals surface area contributed by atoms with Crippen molar-refractivity contribution >= 4 is 29.2 Å². The molecular weight excluding hydrogens is 307 g/mol. The lowest BCUT2D eigenvalue weighted by molar-refractivity contribution is -0.155. The highest BCUT2D eigenvalue weighted by atomic mass is 35.5. The van der Waals surface area contributed by atoms with Crippen molar-refractivity contribution in [2.75, 3.05) is 0 Å². The lowest BCUT2D eigenvalue weighted by Crippen LogP contribution is -2.54. The summed E-state index contributed by atoms with van der Waals surface area (Å²) in [4.78, 5) is 12.0. The summed E-state index contributed by atoms with van der Waals surface area (Å²) in [6.45, 7) is 0. The summed E-state index contributed by atoms with van der Waals surface area (Å²) >= 11 is 12.6. The van der Waals surface area contributed by atoms with Gasteiger partial charge in [-0.05, 0) is 43.2 Å². The van der Waals surface area contributed by atoms with Crippen molar-refractivity contribution in [2.45, 2.75) is 56.8 Å². The molecule has 114 valence electrons. The van der Waals surface area contributed by atoms with Crippen LogP contribution in [0, 0.1) is 5.41 Å². The zero-order chi connectivity index (χ0) is 15.1. The van der Waals surface area contributed by atoms with Gasteiger partial charge in [-0.3, -0.25) is 4.79 Å². The van der Waals surface area contributed by atoms with Crippen LogP contribution in [0.1, 0.15) is 56.9 Å². The zero-order valence-corrected chi connectivity index (χ0v) is 13.5. The Morgan fingerprint density at radius 2 is 1.52 bits per heavy atom. The van der Waals surface area contributed by atoms with Crippen LogP contribution in [-0.4, -0.2) is 11.1 Å². The standard InChI is InChI=1S/C17H20Cl2O2/c18-12-6-5-7-13(19)14(12)17(15(20)21)10-16(11-17)8-3-1-2-4-9-16/h5-7H,1-4,8-11H2,(H,20,21). The van der Waals surface area contributed by atoms with Gasteiger partial charge in [-0.15, -0.1) is 0 Å². The number of hydrogen-bond acceptors (Lipinski definition) is 1. The van der Waals surface area contributed by atoms with Gasteiger partial charge in [0.15, 0.2) is 0 Å². The summed E-state index contributed by atoms with van der Waals surface area (Å²) in [6.07, 6.45) is 8.62. The van der Waals surface area contributed by atoms with Crippen LogP contribution in [-0.2, 0) is 10.2 Å². The van der Waals surface area contributed by atoms with Crippen LogP contribution < -0.4 is 0 Å². The molecule has 0 saturated heterocycles. The van der Waals surface area contributed by atoms with E-state index in [1.54, 1.807) is 18.2 Å². The molecule has 0 aliphatic heterocycles. The lowest BCUT2D eigenvalue weighted by atomic mass is 9.48. The molecule has 0 amide bonds. The molecule has 2 aliphatic carbocycles. The van der Waals surface area contributed by atoms with Gasteiger partial charge in [0.05, 0.1) is 5.41 Å². The number of hydrogen-bond donors (Lipinski definition) is 1. The summed E-state index contributed by atoms with van der Waals surface area (Å²) in [7, 11) is 0. The second-order valence-corrected chi connectivity index (χ2v) is 7.57. The Morgan fingerprint density at radius 3 is 2.00 bits per heavy atom. The van der Waals surface area contributed by atoms with E-state index in [1.807, 2.05) is 0 Å². The fraction of sp³-hybridized carbons (Fsp3) is 0.588. The molecule has 21 heavy (non-hydrogen) atoms. The molecular formula is C17H20Cl2O2. The average Bonchev–Trinajstić information content (AvgIpc) is 2.62. The van der Waals surface area contributed by atoms with Crippen LogP contribution in [0.4, 0.5) is 0 Å². The van der Waals surface area contributed by atoms with Crippen molar-refractivity contribution in [3.63, 3.8) is 0 Å². The molecule has 1 aromatic carbocycles. The Kier molecular flexibility index (Phi) is 3.96. The topological polar surface area (TPSA) is 37.3 Å². The number of aliphatic carboxylic acids is 1. The Labute approximate surface area is 135 Å². The summed E-state index contributed by atoms with van der Waals surface area (Å²) < 4.78 is 0. The molecule has 0 aromatic heterocycles. The molecule has 0 unspecified atom stereocenters. The van der Waals surface area contributed by atoms with Crippen molar-refractivity contribution < 1.29 is 9.90 Å². The second-order valence-electron chi connectivity index (χ2n) is 6.75. The molecule has 1 N–H and O–H groups in total. The molecule has 0 radical (unpaired) electrons. The first-order valence-electron chi connectivity index (χ1n) is 7.67. The highest BCUT2D eigenvalue weighted by Crippen LogP contribution is 2.63. The third kappa shape index (κ3) is 2.47. The van der Waals surface area contributed by atoms with Crippen LogP contribution in [0.15, 0.2) is 18.2 Å². The minimum Gasteiger partial charge on any atom is -0.481 e. The summed E-state index contributed by atoms with van der Waals surface area (Å²) in [5, 5.41) is 10.8. The van der Waals surface area contributed by atoms with Gasteiger partial charge in [0, 0.05) is 15.6 Å². The molecule has 2 nitrogen and oxygen atoms in total. The fourth-order valence-electron chi connectivity index (χ4n) is 4.45. The molecule has 0 atom stereocenters. The minimum absolute atomic E-state index is 0.192. The Bertz CT molecular complexity index is 532. The predicted octanol–water partition coefficient (Wildman–Crippen LogP) is 5.45. The van der Waals surface area contributed by atoms with Gasteiger partial charge >= 0.3 is 5.97 Å². The zero-order valence-electron chi connectivity index (χ0n) is 12.0. The maximum atomic E-state index is 12.0. The van der Waals surface area contributed by atoms with Gasteiger partial charge in [-0.1, -0.05) is 55.0 Å². The van der Waals surface area contributed by atoms with Crippen molar-refractivity contribution in [2.24, 2.45) is 5.41 Å². The Morgan fingerprint density at radius 1 is 1.00 bits per heavy atom. The van der Waals surface area contributed by atoms with E-state index in [0.717, 1.165) is 12.8 Å². The smallest absolute Gasteiger partial charge is 0.314 e. The quantitative estimate of drug-likeness (QED) is 0.784. The predicted molar refractivity (Wildman–Crippen MR) is 85.1 cm³/mol. The summed E-state index contributed by atoms with van der Waals surface area (Å²) in [5.74, 6) is -0.785. The van der Waals surface area contributed by atoms with E-state index in [-0.39, 0.29) is 5.41 Å². The van der Waals surface area contributed by atoms with Gasteiger partial charge in [0.25, 0.3) is 0 Å². The van der Waals surface area contributed by atoms with E-state index in [0.29, 0.717) is 28.5 Å². The molecule has 2 aliphatic rings. The van der Waals surface area contributed by atoms with Gasteiger partial charge in [-0.25, -0.2) is 0 Å². The van der Waals surface area contributed by atoms with Crippen molar-refractivity contribution in [1.82, 2.24) is 0 Å². The fourth-order valence-corrected chi connectivity index (χ4v) is 5.21. The number of benzene rings is 1. The van der Waals surface area contributed by atoms with Gasteiger partial charge < -0.3 is 5.11 Å². The molecule has 2 saturated carbocycles. The third-order valence-electron chi connectivity index (χ3n) is 5.37. The molecule has 1 spiro atoms. The first kappa shape index (κ1) is 15.2. The second kappa shape index (κ2) is 5.48. The molecule has 0 heterocycles. The third-order valence-corrected chi connectivity index (χ3v) is 6.00. The molecule has 1 aromatic rings. The van der Waals surface area contributed by atoms with Crippen LogP contribution in [0.3, 0.4) is 0 Å². The monoisotopic (exact) mass is 326 g/mol. The number of carboxylic acids is 1. The van der Waals surface area contributed by atoms with Crippen molar-refractivity contribution in [3.05, 3.63) is 33.8 Å². The lowest BCUT2D eigenvalue weighted by Gasteiger charge is -2.55. The largest absolute Gasteiger partial charge is 0.481 e. The van der Waals surface area contributed by atoms with E-state index >= 15 is 0 Å². The van der Waals surface area contributed by atoms with Gasteiger partial charge in [0.2, 0.25) is 0 Å². The number of rotatable bonds is 2. The summed E-state index contributed by atoms with van der Waals surface area (Å²) in [5.41, 5.74) is -0.0762. The Hall–Kier alpha value is -0.730. The summed E-state index contributed by atoms with van der Waals surface area (Å²) in [6, 6.07) is 5.25. The van der Waals surface area contributed by atoms with Gasteiger partial charge in [-0.2, -0.15) is 0 Å². The SMILES string of the molecule is O=C(O)C1(c2c(Cl)cccc2Cl)CC2(CCCCCC2)C1. The maximum Gasteiger partial charge on any atom is 0.314 e. The van der Waals surface area contributed by atoms with Crippen LogP contribution in [0.25, 0.3) is 0 Å². The first-order chi connectivity index (χ1) is 9.99. The van der Waals surface area contributed by atoms with E-state index in [4.69, 9.17) is 23.2 Å². The average molecular weight is 327 g/mol. The number of carboxylic acid groups (broad SMARTS) is 1. The van der Waals surface area contributed by atoms with Crippen molar-refractivity contribution in [3.8, 4) is 0 Å². The van der Waals surface area contributed by atoms with E-state index in [1.165, 1.54) is 25.7 Å². The normalized spacial score (nSPS) is 23.3. The highest BCUT2D eigenvalue weighted by molar-refractivity contribution is 6.36. The minimum atomic E-state index is -0.889. The highest BCUT2D eigenvalue weighted by Gasteiger charge is 2.60. The van der Waals surface area contributed by atoms with Crippen LogP contribution in [0.5, 0.6) is 0 Å². The van der Waals surface area contributed by atoms with Crippen molar-refractivity contribution in [1.29, 1.82) is 0 Å². The molecule has 4 heteroatoms. The molecule has 0 bridgehead atoms. The van der Waals surface area contributed by atoms with E-state index in [2.05, 4.69) is 0 Å². The van der Waals surface area contributed by atoms with Gasteiger partial charge in [0.1, 0.15) is 0 Å². The molecule has 2 fully saturated rings. The van der Waals surface area contributed by atoms with Crippen LogP contribution >= 0.6 is 23.2 Å². The van der Waals surface area contributed by atoms with E-state index in [9.17, 15) is 9.90 Å². The molecule has 3 rings (SSSR count). The van der Waals surface area contributed by atoms with Crippen LogP contribution in [0.2, 0.25) is 10.0 Å². The Balaban J connectivity index is 1.96. The number of halogens is 2. The van der Waals surface area contributed by atoms with E-state index < -0.39 is 11.4 Å².